The van der Waals surface area contributed by atoms with E-state index in [0.717, 1.165) is 40.5 Å². The number of aromatic amines is 1. The number of imidazole rings is 1. The van der Waals surface area contributed by atoms with Crippen molar-refractivity contribution < 1.29 is 4.92 Å². The van der Waals surface area contributed by atoms with Crippen LogP contribution < -0.4 is 16.4 Å². The summed E-state index contributed by atoms with van der Waals surface area (Å²) in [6.07, 6.45) is 4.37. The summed E-state index contributed by atoms with van der Waals surface area (Å²) in [6, 6.07) is 3.63. The molecule has 28 heavy (non-hydrogen) atoms. The summed E-state index contributed by atoms with van der Waals surface area (Å²) in [5, 5.41) is 17.0. The Morgan fingerprint density at radius 3 is 2.50 bits per heavy atom. The average molecular weight is 424 g/mol. The molecule has 5 N–H and O–H groups in total. The number of nitrogens with two attached hydrogens (primary N) is 1. The summed E-state index contributed by atoms with van der Waals surface area (Å²) in [7, 11) is 0. The van der Waals surface area contributed by atoms with Crippen LogP contribution in [0.2, 0.25) is 0 Å². The van der Waals surface area contributed by atoms with Crippen LogP contribution in [0.3, 0.4) is 0 Å². The number of H-pyrrole nitrogens is 1. The molecule has 0 bridgehead atoms. The van der Waals surface area contributed by atoms with Gasteiger partial charge in [-0.2, -0.15) is 23.5 Å². The Balaban J connectivity index is 1.63. The van der Waals surface area contributed by atoms with Gasteiger partial charge in [0.1, 0.15) is 0 Å². The zero-order chi connectivity index (χ0) is 20.2. The number of nitrogens with zero attached hydrogens (tertiary/aromatic N) is 3. The quantitative estimate of drug-likeness (QED) is 0.217. The standard InChI is InChI=1S/C17H25N7O2S2/c1-13-15(23-12-22-13)10-27-7-5-20-17(9-24(25)26)21-6-8-28-11-16-14(18)3-2-4-19-16/h2-4,9,12,20-21H,5-8,10-11,18H2,1H3,(H,22,23)/b17-9+. The highest BCUT2D eigenvalue weighted by atomic mass is 32.2. The van der Waals surface area contributed by atoms with Gasteiger partial charge in [0.25, 0.3) is 6.20 Å². The van der Waals surface area contributed by atoms with E-state index in [1.807, 2.05) is 13.0 Å². The molecule has 0 saturated heterocycles. The van der Waals surface area contributed by atoms with Crippen LogP contribution >= 0.6 is 23.5 Å². The van der Waals surface area contributed by atoms with Crippen molar-refractivity contribution in [1.82, 2.24) is 25.6 Å². The van der Waals surface area contributed by atoms with Crippen LogP contribution in [0.15, 0.2) is 36.7 Å². The predicted octanol–water partition coefficient (Wildman–Crippen LogP) is 2.12. The number of nitrogen functional groups attached to an aromatic ring is 1. The van der Waals surface area contributed by atoms with E-state index in [9.17, 15) is 10.1 Å². The van der Waals surface area contributed by atoms with Gasteiger partial charge in [0.15, 0.2) is 5.82 Å². The maximum atomic E-state index is 10.8. The van der Waals surface area contributed by atoms with Crippen molar-refractivity contribution in [2.45, 2.75) is 18.4 Å². The Kier molecular flexibility index (Phi) is 9.49. The van der Waals surface area contributed by atoms with Crippen LogP contribution in [0.4, 0.5) is 5.69 Å². The van der Waals surface area contributed by atoms with Crippen molar-refractivity contribution in [3.05, 3.63) is 63.9 Å². The van der Waals surface area contributed by atoms with Crippen LogP contribution in [0, 0.1) is 17.0 Å². The first-order valence-electron chi connectivity index (χ1n) is 8.73. The first kappa shape index (κ1) is 21.9. The molecule has 0 amide bonds. The van der Waals surface area contributed by atoms with Gasteiger partial charge in [-0.25, -0.2) is 4.98 Å². The monoisotopic (exact) mass is 423 g/mol. The zero-order valence-electron chi connectivity index (χ0n) is 15.7. The highest BCUT2D eigenvalue weighted by Gasteiger charge is 2.04. The molecule has 9 nitrogen and oxygen atoms in total. The summed E-state index contributed by atoms with van der Waals surface area (Å²) in [5.74, 6) is 3.53. The SMILES string of the molecule is Cc1[nH]cnc1CSCCN/C(=C\[N+](=O)[O-])NCCSCc1ncccc1N. The Morgan fingerprint density at radius 1 is 1.25 bits per heavy atom. The number of anilines is 1. The van der Waals surface area contributed by atoms with E-state index in [4.69, 9.17) is 5.73 Å². The second-order valence-electron chi connectivity index (χ2n) is 5.80. The lowest BCUT2D eigenvalue weighted by atomic mass is 10.3. The number of thioether (sulfide) groups is 2. The Morgan fingerprint density at radius 2 is 1.93 bits per heavy atom. The van der Waals surface area contributed by atoms with E-state index in [1.165, 1.54) is 0 Å². The lowest BCUT2D eigenvalue weighted by Gasteiger charge is -2.11. The second kappa shape index (κ2) is 12.1. The van der Waals surface area contributed by atoms with Crippen LogP contribution in [-0.2, 0) is 11.5 Å². The Hall–Kier alpha value is -2.40. The van der Waals surface area contributed by atoms with Crippen molar-refractivity contribution in [3.8, 4) is 0 Å². The molecule has 11 heteroatoms. The van der Waals surface area contributed by atoms with Gasteiger partial charge in [0.2, 0.25) is 0 Å². The first-order chi connectivity index (χ1) is 13.6. The van der Waals surface area contributed by atoms with Crippen LogP contribution in [-0.4, -0.2) is 44.5 Å². The molecular weight excluding hydrogens is 398 g/mol. The van der Waals surface area contributed by atoms with E-state index in [2.05, 4.69) is 25.6 Å². The fraction of sp³-hybridized carbons (Fsp3) is 0.412. The molecule has 2 aromatic rings. The van der Waals surface area contributed by atoms with Crippen molar-refractivity contribution in [2.24, 2.45) is 0 Å². The van der Waals surface area contributed by atoms with Crippen LogP contribution in [0.1, 0.15) is 17.1 Å². The molecule has 0 aliphatic carbocycles. The molecule has 0 saturated carbocycles. The van der Waals surface area contributed by atoms with Crippen molar-refractivity contribution in [2.75, 3.05) is 30.3 Å². The molecule has 152 valence electrons. The topological polar surface area (TPSA) is 135 Å². The number of pyridine rings is 1. The molecule has 2 aromatic heterocycles. The lowest BCUT2D eigenvalue weighted by Crippen LogP contribution is -2.30. The number of nitrogens with one attached hydrogen (secondary N) is 3. The third-order valence-corrected chi connectivity index (χ3v) is 5.64. The minimum atomic E-state index is -0.461. The largest absolute Gasteiger partial charge is 0.397 e. The summed E-state index contributed by atoms with van der Waals surface area (Å²) in [5.41, 5.74) is 9.51. The summed E-state index contributed by atoms with van der Waals surface area (Å²) < 4.78 is 0. The fourth-order valence-corrected chi connectivity index (χ4v) is 3.92. The predicted molar refractivity (Wildman–Crippen MR) is 115 cm³/mol. The van der Waals surface area contributed by atoms with Crippen molar-refractivity contribution in [1.29, 1.82) is 0 Å². The molecule has 0 aromatic carbocycles. The van der Waals surface area contributed by atoms with Gasteiger partial charge in [-0.15, -0.1) is 0 Å². The van der Waals surface area contributed by atoms with Crippen molar-refractivity contribution in [3.63, 3.8) is 0 Å². The molecule has 2 rings (SSSR count). The zero-order valence-corrected chi connectivity index (χ0v) is 17.3. The van der Waals surface area contributed by atoms with Gasteiger partial charge < -0.3 is 21.4 Å². The van der Waals surface area contributed by atoms with Gasteiger partial charge in [-0.3, -0.25) is 15.1 Å². The number of aryl methyl sites for hydroxylation is 1. The highest BCUT2D eigenvalue weighted by molar-refractivity contribution is 7.98. The molecule has 0 aliphatic heterocycles. The van der Waals surface area contributed by atoms with Gasteiger partial charge >= 0.3 is 0 Å². The molecule has 0 radical (unpaired) electrons. The van der Waals surface area contributed by atoms with Crippen LogP contribution in [0.5, 0.6) is 0 Å². The number of nitro groups is 1. The van der Waals surface area contributed by atoms with Crippen LogP contribution in [0.25, 0.3) is 0 Å². The fourth-order valence-electron chi connectivity index (χ4n) is 2.22. The van der Waals surface area contributed by atoms with E-state index < -0.39 is 4.92 Å². The number of hydrogen-bond donors (Lipinski definition) is 4. The second-order valence-corrected chi connectivity index (χ2v) is 8.01. The van der Waals surface area contributed by atoms with Gasteiger partial charge in [-0.1, -0.05) is 0 Å². The van der Waals surface area contributed by atoms with Gasteiger partial charge in [-0.05, 0) is 19.1 Å². The summed E-state index contributed by atoms with van der Waals surface area (Å²) >= 11 is 3.39. The third kappa shape index (κ3) is 8.09. The third-order valence-electron chi connectivity index (χ3n) is 3.70. The van der Waals surface area contributed by atoms with E-state index in [1.54, 1.807) is 42.1 Å². The van der Waals surface area contributed by atoms with E-state index in [-0.39, 0.29) is 0 Å². The number of aromatic nitrogens is 3. The van der Waals surface area contributed by atoms with Gasteiger partial charge in [0, 0.05) is 48.0 Å². The molecule has 0 aliphatic rings. The Bertz CT molecular complexity index is 782. The Labute approximate surface area is 172 Å². The van der Waals surface area contributed by atoms with E-state index in [0.29, 0.717) is 30.4 Å². The van der Waals surface area contributed by atoms with Gasteiger partial charge in [0.05, 0.1) is 28.3 Å². The molecule has 0 atom stereocenters. The summed E-state index contributed by atoms with van der Waals surface area (Å²) in [4.78, 5) is 21.9. The summed E-state index contributed by atoms with van der Waals surface area (Å²) in [6.45, 7) is 3.21. The van der Waals surface area contributed by atoms with E-state index >= 15 is 0 Å². The number of rotatable bonds is 13. The smallest absolute Gasteiger partial charge is 0.274 e. The molecule has 0 spiro atoms. The minimum absolute atomic E-state index is 0.416. The lowest BCUT2D eigenvalue weighted by molar-refractivity contribution is -0.404. The van der Waals surface area contributed by atoms with Crippen molar-refractivity contribution >= 4 is 29.2 Å². The first-order valence-corrected chi connectivity index (χ1v) is 11.0. The molecule has 2 heterocycles. The molecule has 0 fully saturated rings. The molecule has 0 unspecified atom stereocenters. The average Bonchev–Trinajstić information content (AvgIpc) is 3.06. The maximum Gasteiger partial charge on any atom is 0.274 e. The number of hydrogen-bond acceptors (Lipinski definition) is 9. The minimum Gasteiger partial charge on any atom is -0.397 e. The molecular formula is C17H25N7O2S2. The highest BCUT2D eigenvalue weighted by Crippen LogP contribution is 2.15. The normalized spacial score (nSPS) is 11.4. The maximum absolute atomic E-state index is 10.8.